The van der Waals surface area contributed by atoms with Gasteiger partial charge in [0.25, 0.3) is 5.91 Å². The number of rotatable bonds is 10. The van der Waals surface area contributed by atoms with Crippen molar-refractivity contribution in [1.82, 2.24) is 29.9 Å². The minimum atomic E-state index is -0.507. The van der Waals surface area contributed by atoms with E-state index in [9.17, 15) is 14.4 Å². The molecule has 0 radical (unpaired) electrons. The molecule has 14 heteroatoms. The van der Waals surface area contributed by atoms with Crippen LogP contribution in [0.1, 0.15) is 68.6 Å². The van der Waals surface area contributed by atoms with Gasteiger partial charge in [0, 0.05) is 54.7 Å². The van der Waals surface area contributed by atoms with Crippen LogP contribution in [0.25, 0.3) is 27.9 Å². The van der Waals surface area contributed by atoms with E-state index in [0.29, 0.717) is 83.2 Å². The highest BCUT2D eigenvalue weighted by Gasteiger charge is 2.24. The predicted octanol–water partition coefficient (Wildman–Crippen LogP) is 6.28. The summed E-state index contributed by atoms with van der Waals surface area (Å²) in [5, 5.41) is 11.6. The monoisotopic (exact) mass is 722 g/mol. The topological polar surface area (TPSA) is 152 Å². The summed E-state index contributed by atoms with van der Waals surface area (Å²) < 4.78 is 28.8. The molecule has 13 nitrogen and oxygen atoms in total. The van der Waals surface area contributed by atoms with Crippen molar-refractivity contribution in [2.75, 3.05) is 31.6 Å². The molecule has 3 aromatic heterocycles. The lowest BCUT2D eigenvalue weighted by Crippen LogP contribution is -2.40. The molecule has 6 rings (SSSR count). The van der Waals surface area contributed by atoms with Gasteiger partial charge >= 0.3 is 5.97 Å². The van der Waals surface area contributed by atoms with Gasteiger partial charge in [-0.15, -0.1) is 0 Å². The molecule has 0 unspecified atom stereocenters. The maximum absolute atomic E-state index is 16.3. The quantitative estimate of drug-likeness (QED) is 0.0734. The molecule has 0 spiro atoms. The fourth-order valence-corrected chi connectivity index (χ4v) is 5.85. The van der Waals surface area contributed by atoms with Crippen molar-refractivity contribution in [1.29, 1.82) is 0 Å². The van der Waals surface area contributed by atoms with Gasteiger partial charge in [-0.3, -0.25) is 14.4 Å². The first-order valence-corrected chi connectivity index (χ1v) is 17.3. The van der Waals surface area contributed by atoms with Crippen LogP contribution in [0.4, 0.5) is 15.9 Å². The summed E-state index contributed by atoms with van der Waals surface area (Å²) in [5.74, 6) is -0.657. The van der Waals surface area contributed by atoms with Gasteiger partial charge in [-0.25, -0.2) is 24.3 Å². The molecule has 0 bridgehead atoms. The molecule has 1 aliphatic heterocycles. The molecule has 0 saturated carbocycles. The summed E-state index contributed by atoms with van der Waals surface area (Å²) in [4.78, 5) is 46.7. The number of halogens is 1. The third-order valence-electron chi connectivity index (χ3n) is 8.44. The molecule has 5 aromatic rings. The fraction of sp³-hybridized carbons (Fsp3) is 0.308. The number of morpholine rings is 1. The number of hydrogen-bond donors (Lipinski definition) is 2. The van der Waals surface area contributed by atoms with Gasteiger partial charge in [0.15, 0.2) is 5.65 Å². The highest BCUT2D eigenvalue weighted by atomic mass is 19.1. The summed E-state index contributed by atoms with van der Waals surface area (Å²) in [7, 11) is 0. The normalized spacial score (nSPS) is 13.0. The Bertz CT molecular complexity index is 2120. The molecule has 53 heavy (non-hydrogen) atoms. The second kappa shape index (κ2) is 17.0. The van der Waals surface area contributed by atoms with Crippen molar-refractivity contribution < 1.29 is 28.2 Å². The number of amides is 2. The van der Waals surface area contributed by atoms with Crippen molar-refractivity contribution in [3.8, 4) is 22.3 Å². The maximum atomic E-state index is 16.3. The average molecular weight is 723 g/mol. The molecule has 1 fully saturated rings. The molecule has 276 valence electrons. The van der Waals surface area contributed by atoms with Gasteiger partial charge < -0.3 is 19.7 Å². The second-order valence-electron chi connectivity index (χ2n) is 12.9. The molecule has 2 N–H and O–H groups in total. The van der Waals surface area contributed by atoms with Gasteiger partial charge in [-0.2, -0.15) is 10.2 Å². The van der Waals surface area contributed by atoms with Crippen molar-refractivity contribution in [2.24, 2.45) is 5.10 Å². The number of aromatic nitrogens is 4. The van der Waals surface area contributed by atoms with Gasteiger partial charge in [0.1, 0.15) is 24.6 Å². The van der Waals surface area contributed by atoms with Gasteiger partial charge in [0.05, 0.1) is 30.7 Å². The van der Waals surface area contributed by atoms with Gasteiger partial charge in [0.2, 0.25) is 6.41 Å². The number of hydrogen-bond acceptors (Lipinski definition) is 10. The Morgan fingerprint density at radius 2 is 1.81 bits per heavy atom. The SMILES string of the molecule is CC.CC(=O)OCc1c(-c2cc(Nc3ccc(C(=O)N4CCOCC4)cn3)c3ncnn3c2)cccc1-c1c(F)cc(C(C)(C)C)cc1/C=N\NC=O. The largest absolute Gasteiger partial charge is 0.461 e. The maximum Gasteiger partial charge on any atom is 0.302 e. The summed E-state index contributed by atoms with van der Waals surface area (Å²) in [6.07, 6.45) is 6.53. The number of nitrogens with zero attached hydrogens (tertiary/aromatic N) is 6. The molecule has 0 atom stereocenters. The van der Waals surface area contributed by atoms with Crippen molar-refractivity contribution >= 4 is 41.7 Å². The van der Waals surface area contributed by atoms with E-state index in [4.69, 9.17) is 9.47 Å². The number of ether oxygens (including phenoxy) is 2. The van der Waals surface area contributed by atoms with Crippen molar-refractivity contribution in [2.45, 2.75) is 53.6 Å². The van der Waals surface area contributed by atoms with Crippen LogP contribution in [0.5, 0.6) is 0 Å². The van der Waals surface area contributed by atoms with E-state index in [0.717, 1.165) is 5.56 Å². The smallest absolute Gasteiger partial charge is 0.302 e. The molecule has 0 aliphatic carbocycles. The zero-order chi connectivity index (χ0) is 38.1. The summed E-state index contributed by atoms with van der Waals surface area (Å²) in [6, 6.07) is 14.0. The number of anilines is 2. The van der Waals surface area contributed by atoms with E-state index < -0.39 is 11.8 Å². The zero-order valence-corrected chi connectivity index (χ0v) is 30.6. The first-order chi connectivity index (χ1) is 25.5. The number of carbonyl (C=O) groups is 3. The van der Waals surface area contributed by atoms with Crippen LogP contribution in [-0.4, -0.2) is 75.3 Å². The molecule has 4 heterocycles. The fourth-order valence-electron chi connectivity index (χ4n) is 5.85. The summed E-state index contributed by atoms with van der Waals surface area (Å²) in [6.45, 7) is 13.1. The van der Waals surface area contributed by atoms with Crippen LogP contribution in [0.3, 0.4) is 0 Å². The Labute approximate surface area is 307 Å². The Morgan fingerprint density at radius 1 is 1.06 bits per heavy atom. The average Bonchev–Trinajstić information content (AvgIpc) is 3.64. The number of carbonyl (C=O) groups excluding carboxylic acids is 3. The van der Waals surface area contributed by atoms with E-state index in [1.165, 1.54) is 31.7 Å². The van der Waals surface area contributed by atoms with E-state index in [1.54, 1.807) is 39.9 Å². The van der Waals surface area contributed by atoms with E-state index in [2.05, 4.69) is 30.9 Å². The lowest BCUT2D eigenvalue weighted by Gasteiger charge is -2.26. The van der Waals surface area contributed by atoms with Crippen molar-refractivity contribution in [3.05, 3.63) is 95.3 Å². The zero-order valence-electron chi connectivity index (χ0n) is 30.6. The van der Waals surface area contributed by atoms with E-state index >= 15 is 4.39 Å². The standard InChI is InChI=1S/C37H37FN8O5.C2H6/c1-23(48)51-20-30-28(6-5-7-29(30)34-25(18-41-42-22-47)14-27(16-31(34)38)37(2,3)4)26-15-32(35-40-21-43-46(35)19-26)44-33-9-8-24(17-39-33)36(49)45-10-12-50-13-11-45;1-2/h5-9,14-19,21-22H,10-13,20H2,1-4H3,(H,39,44)(H,42,47);1-2H3/b41-18-;. The first-order valence-electron chi connectivity index (χ1n) is 17.3. The third kappa shape index (κ3) is 8.90. The Kier molecular flexibility index (Phi) is 12.3. The summed E-state index contributed by atoms with van der Waals surface area (Å²) >= 11 is 0. The van der Waals surface area contributed by atoms with E-state index in [1.807, 2.05) is 52.8 Å². The molecular weight excluding hydrogens is 679 g/mol. The number of nitrogens with one attached hydrogen (secondary N) is 2. The third-order valence-corrected chi connectivity index (χ3v) is 8.44. The number of esters is 1. The number of benzene rings is 2. The Morgan fingerprint density at radius 3 is 2.49 bits per heavy atom. The lowest BCUT2D eigenvalue weighted by molar-refractivity contribution is -0.142. The second-order valence-corrected chi connectivity index (χ2v) is 12.9. The predicted molar refractivity (Wildman–Crippen MR) is 200 cm³/mol. The Balaban J connectivity index is 0.00000266. The van der Waals surface area contributed by atoms with Crippen LogP contribution in [0.15, 0.2) is 72.4 Å². The minimum absolute atomic E-state index is 0.113. The molecule has 2 aromatic carbocycles. The highest BCUT2D eigenvalue weighted by Crippen LogP contribution is 2.39. The summed E-state index contributed by atoms with van der Waals surface area (Å²) in [5.41, 5.74) is 7.07. The van der Waals surface area contributed by atoms with Gasteiger partial charge in [-0.1, -0.05) is 52.8 Å². The number of pyridine rings is 2. The highest BCUT2D eigenvalue weighted by molar-refractivity contribution is 5.95. The minimum Gasteiger partial charge on any atom is -0.461 e. The van der Waals surface area contributed by atoms with Crippen LogP contribution >= 0.6 is 0 Å². The molecule has 1 saturated heterocycles. The van der Waals surface area contributed by atoms with E-state index in [-0.39, 0.29) is 23.5 Å². The molecular formula is C39H43FN8O5. The first kappa shape index (κ1) is 38.2. The van der Waals surface area contributed by atoms with Crippen LogP contribution in [0.2, 0.25) is 0 Å². The van der Waals surface area contributed by atoms with Gasteiger partial charge in [-0.05, 0) is 52.4 Å². The van der Waals surface area contributed by atoms with Crippen LogP contribution in [0, 0.1) is 5.82 Å². The van der Waals surface area contributed by atoms with Crippen molar-refractivity contribution in [3.63, 3.8) is 0 Å². The number of fused-ring (bicyclic) bond motifs is 1. The number of hydrazone groups is 1. The Hall–Kier alpha value is -6.02. The van der Waals surface area contributed by atoms with Crippen LogP contribution < -0.4 is 10.7 Å². The molecule has 2 amide bonds. The lowest BCUT2D eigenvalue weighted by atomic mass is 9.83. The molecule has 1 aliphatic rings. The van der Waals surface area contributed by atoms with Crippen LogP contribution in [-0.2, 0) is 31.1 Å².